The molecule has 0 unspecified atom stereocenters. The first-order valence-electron chi connectivity index (χ1n) is 6.79. The largest absolute Gasteiger partial charge is 0.352 e. The minimum Gasteiger partial charge on any atom is -0.352 e. The second kappa shape index (κ2) is 7.90. The Labute approximate surface area is 109 Å². The van der Waals surface area contributed by atoms with Crippen molar-refractivity contribution < 1.29 is 9.59 Å². The third-order valence-corrected chi connectivity index (χ3v) is 3.35. The Morgan fingerprint density at radius 2 is 1.89 bits per heavy atom. The van der Waals surface area contributed by atoms with Crippen molar-refractivity contribution in [3.8, 4) is 0 Å². The summed E-state index contributed by atoms with van der Waals surface area (Å²) >= 11 is 0. The van der Waals surface area contributed by atoms with Crippen LogP contribution in [0.4, 0.5) is 0 Å². The highest BCUT2D eigenvalue weighted by molar-refractivity contribution is 5.84. The van der Waals surface area contributed by atoms with Crippen LogP contribution in [0.3, 0.4) is 0 Å². The molecule has 4 heteroatoms. The van der Waals surface area contributed by atoms with E-state index in [0.29, 0.717) is 6.54 Å². The van der Waals surface area contributed by atoms with E-state index in [1.165, 1.54) is 37.5 Å². The van der Waals surface area contributed by atoms with E-state index >= 15 is 0 Å². The summed E-state index contributed by atoms with van der Waals surface area (Å²) in [5, 5.41) is 3.04. The molecule has 0 radical (unpaired) electrons. The van der Waals surface area contributed by atoms with Crippen LogP contribution in [0.2, 0.25) is 0 Å². The van der Waals surface area contributed by atoms with E-state index in [9.17, 15) is 9.59 Å². The molecule has 0 spiro atoms. The van der Waals surface area contributed by atoms with E-state index in [0.717, 1.165) is 12.8 Å². The van der Waals surface area contributed by atoms with Gasteiger partial charge in [0.1, 0.15) is 0 Å². The fourth-order valence-corrected chi connectivity index (χ4v) is 2.33. The van der Waals surface area contributed by atoms with Crippen LogP contribution in [-0.4, -0.2) is 35.8 Å². The Hall–Kier alpha value is -1.32. The van der Waals surface area contributed by atoms with Crippen molar-refractivity contribution in [3.05, 3.63) is 12.7 Å². The molecule has 1 saturated carbocycles. The van der Waals surface area contributed by atoms with Crippen LogP contribution in [-0.2, 0) is 9.59 Å². The van der Waals surface area contributed by atoms with E-state index in [-0.39, 0.29) is 24.4 Å². The Kier molecular flexibility index (Phi) is 6.47. The van der Waals surface area contributed by atoms with Crippen molar-refractivity contribution in [1.82, 2.24) is 10.2 Å². The first-order valence-corrected chi connectivity index (χ1v) is 6.79. The van der Waals surface area contributed by atoms with E-state index in [4.69, 9.17) is 0 Å². The summed E-state index contributed by atoms with van der Waals surface area (Å²) in [6.45, 7) is 5.63. The molecule has 0 saturated heterocycles. The van der Waals surface area contributed by atoms with Crippen LogP contribution in [0, 0.1) is 0 Å². The minimum absolute atomic E-state index is 0.0565. The zero-order valence-electron chi connectivity index (χ0n) is 11.3. The van der Waals surface area contributed by atoms with Crippen LogP contribution in [0.5, 0.6) is 0 Å². The molecule has 0 aromatic rings. The molecule has 1 aliphatic rings. The number of hydrogen-bond acceptors (Lipinski definition) is 2. The smallest absolute Gasteiger partial charge is 0.239 e. The summed E-state index contributed by atoms with van der Waals surface area (Å²) < 4.78 is 0. The lowest BCUT2D eigenvalue weighted by atomic mass is 10.1. The number of rotatable bonds is 5. The lowest BCUT2D eigenvalue weighted by Crippen LogP contribution is -2.43. The quantitative estimate of drug-likeness (QED) is 0.600. The van der Waals surface area contributed by atoms with Gasteiger partial charge in [0.05, 0.1) is 6.54 Å². The van der Waals surface area contributed by atoms with Gasteiger partial charge in [-0.1, -0.05) is 31.8 Å². The first kappa shape index (κ1) is 14.7. The predicted molar refractivity (Wildman–Crippen MR) is 72.1 cm³/mol. The zero-order valence-corrected chi connectivity index (χ0v) is 11.3. The molecule has 1 N–H and O–H groups in total. The van der Waals surface area contributed by atoms with E-state index < -0.39 is 0 Å². The molecular formula is C14H24N2O2. The molecule has 0 atom stereocenters. The number of hydrogen-bond donors (Lipinski definition) is 1. The van der Waals surface area contributed by atoms with Crippen molar-refractivity contribution in [3.63, 3.8) is 0 Å². The summed E-state index contributed by atoms with van der Waals surface area (Å²) in [4.78, 5) is 24.7. The monoisotopic (exact) mass is 252 g/mol. The van der Waals surface area contributed by atoms with Gasteiger partial charge < -0.3 is 10.2 Å². The fourth-order valence-electron chi connectivity index (χ4n) is 2.33. The highest BCUT2D eigenvalue weighted by Crippen LogP contribution is 2.17. The third kappa shape index (κ3) is 5.34. The molecule has 0 heterocycles. The first-order chi connectivity index (χ1) is 8.63. The van der Waals surface area contributed by atoms with Gasteiger partial charge in [-0.05, 0) is 12.8 Å². The van der Waals surface area contributed by atoms with Crippen molar-refractivity contribution >= 4 is 11.8 Å². The molecule has 18 heavy (non-hydrogen) atoms. The van der Waals surface area contributed by atoms with E-state index in [1.807, 2.05) is 0 Å². The number of carbonyl (C=O) groups is 2. The van der Waals surface area contributed by atoms with Crippen LogP contribution < -0.4 is 5.32 Å². The predicted octanol–water partition coefficient (Wildman–Crippen LogP) is 1.86. The lowest BCUT2D eigenvalue weighted by Gasteiger charge is -2.21. The molecule has 0 bridgehead atoms. The van der Waals surface area contributed by atoms with Gasteiger partial charge in [-0.2, -0.15) is 0 Å². The maximum Gasteiger partial charge on any atom is 0.239 e. The standard InChI is InChI=1S/C14H24N2O2/c1-3-10-16(12(2)17)11-14(18)15-13-8-6-4-5-7-9-13/h3,13H,1,4-11H2,2H3,(H,15,18). The highest BCUT2D eigenvalue weighted by Gasteiger charge is 2.17. The molecule has 0 aliphatic heterocycles. The Morgan fingerprint density at radius 1 is 1.28 bits per heavy atom. The van der Waals surface area contributed by atoms with Gasteiger partial charge in [0, 0.05) is 19.5 Å². The van der Waals surface area contributed by atoms with Crippen molar-refractivity contribution in [2.45, 2.75) is 51.5 Å². The van der Waals surface area contributed by atoms with Gasteiger partial charge >= 0.3 is 0 Å². The summed E-state index contributed by atoms with van der Waals surface area (Å²) in [5.74, 6) is -0.148. The van der Waals surface area contributed by atoms with Crippen LogP contribution in [0.25, 0.3) is 0 Å². The van der Waals surface area contributed by atoms with E-state index in [2.05, 4.69) is 11.9 Å². The van der Waals surface area contributed by atoms with E-state index in [1.54, 1.807) is 6.08 Å². The zero-order chi connectivity index (χ0) is 13.4. The van der Waals surface area contributed by atoms with Crippen molar-refractivity contribution in [2.24, 2.45) is 0 Å². The van der Waals surface area contributed by atoms with Gasteiger partial charge in [0.15, 0.2) is 0 Å². The van der Waals surface area contributed by atoms with Gasteiger partial charge in [-0.15, -0.1) is 6.58 Å². The second-order valence-electron chi connectivity index (χ2n) is 4.94. The lowest BCUT2D eigenvalue weighted by molar-refractivity contribution is -0.134. The third-order valence-electron chi connectivity index (χ3n) is 3.35. The number of carbonyl (C=O) groups excluding carboxylic acids is 2. The minimum atomic E-state index is -0.0917. The van der Waals surface area contributed by atoms with Crippen molar-refractivity contribution in [1.29, 1.82) is 0 Å². The molecule has 102 valence electrons. The molecule has 1 aliphatic carbocycles. The van der Waals surface area contributed by atoms with Gasteiger partial charge in [-0.3, -0.25) is 9.59 Å². The number of amides is 2. The Balaban J connectivity index is 2.38. The summed E-state index contributed by atoms with van der Waals surface area (Å²) in [7, 11) is 0. The average Bonchev–Trinajstić information content (AvgIpc) is 2.57. The maximum atomic E-state index is 11.9. The van der Waals surface area contributed by atoms with Crippen molar-refractivity contribution in [2.75, 3.05) is 13.1 Å². The maximum absolute atomic E-state index is 11.9. The molecule has 1 rings (SSSR count). The molecule has 4 nitrogen and oxygen atoms in total. The fraction of sp³-hybridized carbons (Fsp3) is 0.714. The van der Waals surface area contributed by atoms with Crippen LogP contribution in [0.1, 0.15) is 45.4 Å². The molecule has 0 aromatic carbocycles. The highest BCUT2D eigenvalue weighted by atomic mass is 16.2. The van der Waals surface area contributed by atoms with Gasteiger partial charge in [-0.25, -0.2) is 0 Å². The number of nitrogens with one attached hydrogen (secondary N) is 1. The number of nitrogens with zero attached hydrogens (tertiary/aromatic N) is 1. The summed E-state index contributed by atoms with van der Waals surface area (Å²) in [6, 6.07) is 0.289. The normalized spacial score (nSPS) is 16.7. The van der Waals surface area contributed by atoms with Crippen LogP contribution in [0.15, 0.2) is 12.7 Å². The van der Waals surface area contributed by atoms with Crippen LogP contribution >= 0.6 is 0 Å². The molecule has 2 amide bonds. The SMILES string of the molecule is C=CCN(CC(=O)NC1CCCCCC1)C(C)=O. The summed E-state index contributed by atoms with van der Waals surface area (Å²) in [6.07, 6.45) is 8.67. The van der Waals surface area contributed by atoms with Gasteiger partial charge in [0.25, 0.3) is 0 Å². The second-order valence-corrected chi connectivity index (χ2v) is 4.94. The average molecular weight is 252 g/mol. The molecule has 0 aromatic heterocycles. The molecule has 1 fully saturated rings. The topological polar surface area (TPSA) is 49.4 Å². The Bertz CT molecular complexity index is 294. The Morgan fingerprint density at radius 3 is 2.39 bits per heavy atom. The summed E-state index contributed by atoms with van der Waals surface area (Å²) in [5.41, 5.74) is 0. The van der Waals surface area contributed by atoms with Gasteiger partial charge in [0.2, 0.25) is 11.8 Å². The molecular weight excluding hydrogens is 228 g/mol.